The molecule has 1 N–H and O–H groups in total. The van der Waals surface area contributed by atoms with E-state index in [0.29, 0.717) is 12.3 Å². The number of nitrogens with one attached hydrogen (secondary N) is 1. The molecule has 0 aliphatic rings. The largest absolute Gasteiger partial charge is 0.356 e. The summed E-state index contributed by atoms with van der Waals surface area (Å²) in [6, 6.07) is 6.29. The standard InChI is InChI=1S/C16H23N3O/c1-4-12(9-10-17-16(20)5-2)13-7-6-8-15-14(13)11-19(3)18-15/h6-8,11-12H,4-5,9-10H2,1-3H3,(H,17,20)/t12-/m0/s1. The minimum atomic E-state index is 0.124. The third-order valence-electron chi connectivity index (χ3n) is 3.77. The van der Waals surface area contributed by atoms with Crippen LogP contribution in [-0.2, 0) is 11.8 Å². The second-order valence-corrected chi connectivity index (χ2v) is 5.18. The zero-order valence-electron chi connectivity index (χ0n) is 12.5. The van der Waals surface area contributed by atoms with Crippen molar-refractivity contribution >= 4 is 16.8 Å². The number of amides is 1. The van der Waals surface area contributed by atoms with Crippen LogP contribution in [-0.4, -0.2) is 22.2 Å². The SMILES string of the molecule is CCC(=O)NCC[C@H](CC)c1cccc2nn(C)cc12. The fourth-order valence-corrected chi connectivity index (χ4v) is 2.63. The zero-order chi connectivity index (χ0) is 14.5. The zero-order valence-corrected chi connectivity index (χ0v) is 12.5. The number of carbonyl (C=O) groups is 1. The average molecular weight is 273 g/mol. The maximum atomic E-state index is 11.3. The first-order valence-corrected chi connectivity index (χ1v) is 7.34. The second kappa shape index (κ2) is 6.55. The average Bonchev–Trinajstić information content (AvgIpc) is 2.83. The Labute approximate surface area is 120 Å². The number of benzene rings is 1. The highest BCUT2D eigenvalue weighted by Gasteiger charge is 2.14. The normalized spacial score (nSPS) is 12.6. The van der Waals surface area contributed by atoms with E-state index >= 15 is 0 Å². The predicted molar refractivity (Wildman–Crippen MR) is 81.7 cm³/mol. The molecule has 0 saturated carbocycles. The first-order chi connectivity index (χ1) is 9.65. The highest BCUT2D eigenvalue weighted by atomic mass is 16.1. The van der Waals surface area contributed by atoms with Crippen LogP contribution >= 0.6 is 0 Å². The molecule has 4 nitrogen and oxygen atoms in total. The monoisotopic (exact) mass is 273 g/mol. The molecule has 0 radical (unpaired) electrons. The number of nitrogens with zero attached hydrogens (tertiary/aromatic N) is 2. The van der Waals surface area contributed by atoms with Gasteiger partial charge in [-0.25, -0.2) is 0 Å². The Bertz CT molecular complexity index is 588. The first kappa shape index (κ1) is 14.6. The van der Waals surface area contributed by atoms with Gasteiger partial charge in [0.2, 0.25) is 5.91 Å². The number of aromatic nitrogens is 2. The lowest BCUT2D eigenvalue weighted by Crippen LogP contribution is -2.24. The smallest absolute Gasteiger partial charge is 0.219 e. The van der Waals surface area contributed by atoms with Crippen LogP contribution in [0.5, 0.6) is 0 Å². The number of fused-ring (bicyclic) bond motifs is 1. The summed E-state index contributed by atoms with van der Waals surface area (Å²) < 4.78 is 1.86. The first-order valence-electron chi connectivity index (χ1n) is 7.34. The van der Waals surface area contributed by atoms with E-state index in [9.17, 15) is 4.79 Å². The van der Waals surface area contributed by atoms with Gasteiger partial charge in [-0.3, -0.25) is 9.48 Å². The molecule has 1 aromatic heterocycles. The molecule has 0 aliphatic carbocycles. The molecule has 2 rings (SSSR count). The lowest BCUT2D eigenvalue weighted by atomic mass is 9.91. The van der Waals surface area contributed by atoms with Crippen molar-refractivity contribution in [3.05, 3.63) is 30.0 Å². The molecule has 0 fully saturated rings. The van der Waals surface area contributed by atoms with Crippen LogP contribution in [0.25, 0.3) is 10.9 Å². The number of rotatable bonds is 6. The van der Waals surface area contributed by atoms with Gasteiger partial charge in [0.1, 0.15) is 0 Å². The summed E-state index contributed by atoms with van der Waals surface area (Å²) in [4.78, 5) is 11.3. The van der Waals surface area contributed by atoms with E-state index in [-0.39, 0.29) is 5.91 Å². The van der Waals surface area contributed by atoms with Gasteiger partial charge in [-0.15, -0.1) is 0 Å². The van der Waals surface area contributed by atoms with Crippen LogP contribution in [0.1, 0.15) is 44.6 Å². The van der Waals surface area contributed by atoms with Crippen LogP contribution in [0.2, 0.25) is 0 Å². The van der Waals surface area contributed by atoms with Crippen LogP contribution < -0.4 is 5.32 Å². The molecule has 1 atom stereocenters. The Kier molecular flexibility index (Phi) is 4.77. The summed E-state index contributed by atoms with van der Waals surface area (Å²) in [7, 11) is 1.95. The molecule has 0 unspecified atom stereocenters. The molecule has 2 aromatic rings. The maximum Gasteiger partial charge on any atom is 0.219 e. The van der Waals surface area contributed by atoms with E-state index < -0.39 is 0 Å². The molecule has 1 amide bonds. The van der Waals surface area contributed by atoms with E-state index in [0.717, 1.165) is 24.9 Å². The molecule has 1 aromatic carbocycles. The van der Waals surface area contributed by atoms with Crippen molar-refractivity contribution in [1.82, 2.24) is 15.1 Å². The van der Waals surface area contributed by atoms with Crippen LogP contribution in [0.4, 0.5) is 0 Å². The van der Waals surface area contributed by atoms with Gasteiger partial charge in [-0.1, -0.05) is 26.0 Å². The highest BCUT2D eigenvalue weighted by molar-refractivity contribution is 5.82. The van der Waals surface area contributed by atoms with Gasteiger partial charge in [0.15, 0.2) is 0 Å². The van der Waals surface area contributed by atoms with Crippen molar-refractivity contribution < 1.29 is 4.79 Å². The quantitative estimate of drug-likeness (QED) is 0.879. The Morgan fingerprint density at radius 3 is 2.90 bits per heavy atom. The van der Waals surface area contributed by atoms with Gasteiger partial charge < -0.3 is 5.32 Å². The molecule has 4 heteroatoms. The molecular formula is C16H23N3O. The van der Waals surface area contributed by atoms with Crippen LogP contribution in [0.15, 0.2) is 24.4 Å². The summed E-state index contributed by atoms with van der Waals surface area (Å²) >= 11 is 0. The van der Waals surface area contributed by atoms with Crippen molar-refractivity contribution in [2.45, 2.75) is 39.0 Å². The second-order valence-electron chi connectivity index (χ2n) is 5.18. The molecule has 0 bridgehead atoms. The molecule has 0 aliphatic heterocycles. The van der Waals surface area contributed by atoms with Gasteiger partial charge in [-0.2, -0.15) is 5.10 Å². The summed E-state index contributed by atoms with van der Waals surface area (Å²) in [5.74, 6) is 0.583. The lowest BCUT2D eigenvalue weighted by Gasteiger charge is -2.16. The van der Waals surface area contributed by atoms with Crippen molar-refractivity contribution in [2.24, 2.45) is 7.05 Å². The van der Waals surface area contributed by atoms with Gasteiger partial charge in [0, 0.05) is 31.6 Å². The van der Waals surface area contributed by atoms with Gasteiger partial charge >= 0.3 is 0 Å². The van der Waals surface area contributed by atoms with Crippen molar-refractivity contribution in [2.75, 3.05) is 6.54 Å². The molecular weight excluding hydrogens is 250 g/mol. The van der Waals surface area contributed by atoms with Crippen LogP contribution in [0.3, 0.4) is 0 Å². The van der Waals surface area contributed by atoms with E-state index in [1.807, 2.05) is 24.7 Å². The summed E-state index contributed by atoms with van der Waals surface area (Å²) in [5, 5.41) is 8.65. The van der Waals surface area contributed by atoms with Gasteiger partial charge in [0.25, 0.3) is 0 Å². The fourth-order valence-electron chi connectivity index (χ4n) is 2.63. The van der Waals surface area contributed by atoms with Gasteiger partial charge in [0.05, 0.1) is 5.52 Å². The van der Waals surface area contributed by atoms with E-state index in [4.69, 9.17) is 0 Å². The van der Waals surface area contributed by atoms with Crippen molar-refractivity contribution in [3.8, 4) is 0 Å². The number of carbonyl (C=O) groups excluding carboxylic acids is 1. The minimum Gasteiger partial charge on any atom is -0.356 e. The third kappa shape index (κ3) is 3.18. The van der Waals surface area contributed by atoms with Crippen molar-refractivity contribution in [3.63, 3.8) is 0 Å². The minimum absolute atomic E-state index is 0.124. The van der Waals surface area contributed by atoms with Crippen molar-refractivity contribution in [1.29, 1.82) is 0 Å². The Morgan fingerprint density at radius 2 is 2.20 bits per heavy atom. The Morgan fingerprint density at radius 1 is 1.40 bits per heavy atom. The summed E-state index contributed by atoms with van der Waals surface area (Å²) in [5.41, 5.74) is 2.38. The number of hydrogen-bond acceptors (Lipinski definition) is 2. The van der Waals surface area contributed by atoms with E-state index in [1.165, 1.54) is 10.9 Å². The van der Waals surface area contributed by atoms with Crippen LogP contribution in [0, 0.1) is 0 Å². The molecule has 20 heavy (non-hydrogen) atoms. The topological polar surface area (TPSA) is 46.9 Å². The summed E-state index contributed by atoms with van der Waals surface area (Å²) in [6.45, 7) is 4.81. The Balaban J connectivity index is 2.15. The maximum absolute atomic E-state index is 11.3. The number of hydrogen-bond donors (Lipinski definition) is 1. The molecule has 1 heterocycles. The fraction of sp³-hybridized carbons (Fsp3) is 0.500. The highest BCUT2D eigenvalue weighted by Crippen LogP contribution is 2.29. The predicted octanol–water partition coefficient (Wildman–Crippen LogP) is 2.98. The van der Waals surface area contributed by atoms with Gasteiger partial charge in [-0.05, 0) is 30.4 Å². The van der Waals surface area contributed by atoms with E-state index in [1.54, 1.807) is 0 Å². The van der Waals surface area contributed by atoms with E-state index in [2.05, 4.69) is 35.7 Å². The molecule has 0 spiro atoms. The number of aryl methyl sites for hydroxylation is 1. The third-order valence-corrected chi connectivity index (χ3v) is 3.77. The summed E-state index contributed by atoms with van der Waals surface area (Å²) in [6.07, 6.45) is 4.67. The lowest BCUT2D eigenvalue weighted by molar-refractivity contribution is -0.120. The molecule has 0 saturated heterocycles. The Hall–Kier alpha value is -1.84. The molecule has 108 valence electrons.